The summed E-state index contributed by atoms with van der Waals surface area (Å²) in [4.78, 5) is 13.5. The van der Waals surface area contributed by atoms with Gasteiger partial charge in [-0.05, 0) is 36.5 Å². The van der Waals surface area contributed by atoms with Crippen molar-refractivity contribution in [3.8, 4) is 0 Å². The second kappa shape index (κ2) is 5.39. The molecule has 4 heteroatoms. The van der Waals surface area contributed by atoms with Crippen LogP contribution in [0.4, 0.5) is 0 Å². The summed E-state index contributed by atoms with van der Waals surface area (Å²) in [6.07, 6.45) is -0.275. The number of Topliss-reactive ketones (excluding diaryl/α,β-unsaturated/α-hetero) is 1. The molecule has 0 radical (unpaired) electrons. The molecule has 0 aliphatic heterocycles. The zero-order chi connectivity index (χ0) is 11.4. The van der Waals surface area contributed by atoms with E-state index in [2.05, 4.69) is 0 Å². The molecule has 0 aromatic carbocycles. The van der Waals surface area contributed by atoms with Crippen LogP contribution in [0.2, 0.25) is 0 Å². The SMILES string of the molecule is CCC(=O)[C@H]([C@H](O)c1ccsc1)N(C)C. The molecule has 0 fully saturated rings. The fourth-order valence-corrected chi connectivity index (χ4v) is 2.27. The summed E-state index contributed by atoms with van der Waals surface area (Å²) >= 11 is 1.53. The zero-order valence-electron chi connectivity index (χ0n) is 9.30. The van der Waals surface area contributed by atoms with E-state index in [-0.39, 0.29) is 5.78 Å². The number of aliphatic hydroxyl groups excluding tert-OH is 1. The third kappa shape index (κ3) is 2.87. The van der Waals surface area contributed by atoms with Gasteiger partial charge >= 0.3 is 0 Å². The molecule has 1 rings (SSSR count). The number of thiophene rings is 1. The quantitative estimate of drug-likeness (QED) is 0.832. The Labute approximate surface area is 94.3 Å². The lowest BCUT2D eigenvalue weighted by Crippen LogP contribution is -2.40. The number of carbonyl (C=O) groups excluding carboxylic acids is 1. The normalized spacial score (nSPS) is 15.3. The van der Waals surface area contributed by atoms with Gasteiger partial charge in [-0.2, -0.15) is 11.3 Å². The summed E-state index contributed by atoms with van der Waals surface area (Å²) < 4.78 is 0. The Bertz CT molecular complexity index is 308. The molecule has 0 aliphatic rings. The van der Waals surface area contributed by atoms with Crippen LogP contribution >= 0.6 is 11.3 Å². The molecule has 1 aromatic heterocycles. The minimum absolute atomic E-state index is 0.0682. The molecule has 0 amide bonds. The lowest BCUT2D eigenvalue weighted by molar-refractivity contribution is -0.127. The largest absolute Gasteiger partial charge is 0.386 e. The maximum atomic E-state index is 11.7. The Morgan fingerprint density at radius 1 is 1.60 bits per heavy atom. The molecule has 1 N–H and O–H groups in total. The van der Waals surface area contributed by atoms with Crippen LogP contribution in [-0.2, 0) is 4.79 Å². The molecule has 0 bridgehead atoms. The number of carbonyl (C=O) groups is 1. The van der Waals surface area contributed by atoms with E-state index in [1.165, 1.54) is 11.3 Å². The van der Waals surface area contributed by atoms with E-state index in [0.717, 1.165) is 5.56 Å². The van der Waals surface area contributed by atoms with Crippen molar-refractivity contribution in [2.45, 2.75) is 25.5 Å². The van der Waals surface area contributed by atoms with Crippen molar-refractivity contribution in [2.24, 2.45) is 0 Å². The molecule has 0 unspecified atom stereocenters. The number of hydrogen-bond donors (Lipinski definition) is 1. The molecule has 0 saturated heterocycles. The molecular weight excluding hydrogens is 210 g/mol. The average molecular weight is 227 g/mol. The molecular formula is C11H17NO2S. The predicted molar refractivity (Wildman–Crippen MR) is 62.1 cm³/mol. The molecule has 3 nitrogen and oxygen atoms in total. The van der Waals surface area contributed by atoms with Crippen molar-refractivity contribution >= 4 is 17.1 Å². The Balaban J connectivity index is 2.85. The maximum Gasteiger partial charge on any atom is 0.152 e. The zero-order valence-corrected chi connectivity index (χ0v) is 10.1. The molecule has 1 aromatic rings. The molecule has 84 valence electrons. The lowest BCUT2D eigenvalue weighted by atomic mass is 9.99. The summed E-state index contributed by atoms with van der Waals surface area (Å²) in [6, 6.07) is 1.42. The standard InChI is InChI=1S/C11H17NO2S/c1-4-9(13)10(12(2)3)11(14)8-5-6-15-7-8/h5-7,10-11,14H,4H2,1-3H3/t10-,11-/m1/s1. The highest BCUT2D eigenvalue weighted by Gasteiger charge is 2.28. The van der Waals surface area contributed by atoms with E-state index in [0.29, 0.717) is 6.42 Å². The van der Waals surface area contributed by atoms with Crippen molar-refractivity contribution in [1.29, 1.82) is 0 Å². The first kappa shape index (κ1) is 12.4. The van der Waals surface area contributed by atoms with Crippen LogP contribution in [0, 0.1) is 0 Å². The van der Waals surface area contributed by atoms with Gasteiger partial charge in [-0.25, -0.2) is 0 Å². The first-order valence-electron chi connectivity index (χ1n) is 4.97. The summed E-state index contributed by atoms with van der Waals surface area (Å²) in [5, 5.41) is 13.9. The molecule has 2 atom stereocenters. The Hall–Kier alpha value is -0.710. The highest BCUT2D eigenvalue weighted by molar-refractivity contribution is 7.07. The Morgan fingerprint density at radius 2 is 2.27 bits per heavy atom. The van der Waals surface area contributed by atoms with Crippen molar-refractivity contribution < 1.29 is 9.90 Å². The second-order valence-corrected chi connectivity index (χ2v) is 4.51. The van der Waals surface area contributed by atoms with E-state index in [9.17, 15) is 9.90 Å². The van der Waals surface area contributed by atoms with E-state index in [1.807, 2.05) is 37.8 Å². The highest BCUT2D eigenvalue weighted by Crippen LogP contribution is 2.23. The summed E-state index contributed by atoms with van der Waals surface area (Å²) in [5.41, 5.74) is 0.820. The summed E-state index contributed by atoms with van der Waals surface area (Å²) in [5.74, 6) is 0.0682. The number of nitrogens with zero attached hydrogens (tertiary/aromatic N) is 1. The van der Waals surface area contributed by atoms with Crippen LogP contribution in [-0.4, -0.2) is 35.9 Å². The van der Waals surface area contributed by atoms with Crippen LogP contribution in [0.3, 0.4) is 0 Å². The van der Waals surface area contributed by atoms with Crippen molar-refractivity contribution in [2.75, 3.05) is 14.1 Å². The monoisotopic (exact) mass is 227 g/mol. The van der Waals surface area contributed by atoms with E-state index >= 15 is 0 Å². The second-order valence-electron chi connectivity index (χ2n) is 3.73. The van der Waals surface area contributed by atoms with Gasteiger partial charge in [0.05, 0.1) is 6.04 Å². The molecule has 0 aliphatic carbocycles. The summed E-state index contributed by atoms with van der Waals surface area (Å²) in [6.45, 7) is 1.82. The molecule has 15 heavy (non-hydrogen) atoms. The van der Waals surface area contributed by atoms with Gasteiger partial charge in [0.1, 0.15) is 6.10 Å². The van der Waals surface area contributed by atoms with Crippen LogP contribution in [0.5, 0.6) is 0 Å². The van der Waals surface area contributed by atoms with Crippen molar-refractivity contribution in [3.05, 3.63) is 22.4 Å². The third-order valence-electron chi connectivity index (χ3n) is 2.42. The third-order valence-corrected chi connectivity index (χ3v) is 3.12. The molecule has 0 spiro atoms. The Morgan fingerprint density at radius 3 is 2.67 bits per heavy atom. The fourth-order valence-electron chi connectivity index (χ4n) is 1.58. The van der Waals surface area contributed by atoms with E-state index in [1.54, 1.807) is 4.90 Å². The highest BCUT2D eigenvalue weighted by atomic mass is 32.1. The molecule has 0 saturated carbocycles. The first-order chi connectivity index (χ1) is 7.07. The fraction of sp³-hybridized carbons (Fsp3) is 0.545. The van der Waals surface area contributed by atoms with Gasteiger partial charge in [-0.1, -0.05) is 6.92 Å². The van der Waals surface area contributed by atoms with Crippen LogP contribution in [0.25, 0.3) is 0 Å². The topological polar surface area (TPSA) is 40.5 Å². The van der Waals surface area contributed by atoms with Crippen molar-refractivity contribution in [1.82, 2.24) is 4.90 Å². The smallest absolute Gasteiger partial charge is 0.152 e. The number of ketones is 1. The minimum Gasteiger partial charge on any atom is -0.386 e. The molecule has 1 heterocycles. The van der Waals surface area contributed by atoms with Crippen molar-refractivity contribution in [3.63, 3.8) is 0 Å². The van der Waals surface area contributed by atoms with Crippen LogP contribution < -0.4 is 0 Å². The minimum atomic E-state index is -0.723. The van der Waals surface area contributed by atoms with Gasteiger partial charge in [0.2, 0.25) is 0 Å². The van der Waals surface area contributed by atoms with E-state index in [4.69, 9.17) is 0 Å². The van der Waals surface area contributed by atoms with Crippen LogP contribution in [0.15, 0.2) is 16.8 Å². The first-order valence-corrected chi connectivity index (χ1v) is 5.91. The van der Waals surface area contributed by atoms with Gasteiger partial charge in [0, 0.05) is 6.42 Å². The number of aliphatic hydroxyl groups is 1. The Kier molecular flexibility index (Phi) is 4.45. The number of likely N-dealkylation sites (N-methyl/N-ethyl adjacent to an activating group) is 1. The van der Waals surface area contributed by atoms with Gasteiger partial charge < -0.3 is 5.11 Å². The van der Waals surface area contributed by atoms with Gasteiger partial charge in [0.25, 0.3) is 0 Å². The van der Waals surface area contributed by atoms with Gasteiger partial charge in [-0.3, -0.25) is 9.69 Å². The number of hydrogen-bond acceptors (Lipinski definition) is 4. The van der Waals surface area contributed by atoms with Crippen LogP contribution in [0.1, 0.15) is 25.0 Å². The van der Waals surface area contributed by atoms with Gasteiger partial charge in [0.15, 0.2) is 5.78 Å². The predicted octanol–water partition coefficient (Wildman–Crippen LogP) is 1.69. The summed E-state index contributed by atoms with van der Waals surface area (Å²) in [7, 11) is 3.63. The van der Waals surface area contributed by atoms with E-state index < -0.39 is 12.1 Å². The van der Waals surface area contributed by atoms with Gasteiger partial charge in [-0.15, -0.1) is 0 Å². The lowest BCUT2D eigenvalue weighted by Gasteiger charge is -2.27. The number of rotatable bonds is 5. The maximum absolute atomic E-state index is 11.7. The average Bonchev–Trinajstić information content (AvgIpc) is 2.69.